The second-order valence-electron chi connectivity index (χ2n) is 4.70. The highest BCUT2D eigenvalue weighted by molar-refractivity contribution is 5.46. The highest BCUT2D eigenvalue weighted by Gasteiger charge is 2.05. The molecule has 1 N–H and O–H groups in total. The van der Waals surface area contributed by atoms with E-state index in [0.717, 1.165) is 19.6 Å². The minimum Gasteiger partial charge on any atom is -0.367 e. The molecule has 2 aromatic carbocycles. The van der Waals surface area contributed by atoms with Gasteiger partial charge in [-0.3, -0.25) is 0 Å². The van der Waals surface area contributed by atoms with Gasteiger partial charge in [0, 0.05) is 25.3 Å². The molecule has 0 fully saturated rings. The van der Waals surface area contributed by atoms with E-state index in [1.54, 1.807) is 0 Å². The number of nitrogens with zero attached hydrogens (tertiary/aromatic N) is 1. The zero-order valence-electron chi connectivity index (χ0n) is 11.8. The lowest BCUT2D eigenvalue weighted by molar-refractivity contribution is 0.805. The Morgan fingerprint density at radius 3 is 2.37 bits per heavy atom. The summed E-state index contributed by atoms with van der Waals surface area (Å²) >= 11 is 0. The predicted molar refractivity (Wildman–Crippen MR) is 82.4 cm³/mol. The molecule has 0 aliphatic carbocycles. The van der Waals surface area contributed by atoms with Crippen LogP contribution in [0.2, 0.25) is 0 Å². The molecular formula is C17H22N2. The van der Waals surface area contributed by atoms with Crippen molar-refractivity contribution in [2.45, 2.75) is 20.0 Å². The summed E-state index contributed by atoms with van der Waals surface area (Å²) in [5.41, 5.74) is 3.98. The monoisotopic (exact) mass is 254 g/mol. The number of nitrogens with one attached hydrogen (secondary N) is 1. The van der Waals surface area contributed by atoms with Gasteiger partial charge in [-0.1, -0.05) is 42.5 Å². The summed E-state index contributed by atoms with van der Waals surface area (Å²) < 4.78 is 0. The van der Waals surface area contributed by atoms with Crippen molar-refractivity contribution in [2.24, 2.45) is 0 Å². The van der Waals surface area contributed by atoms with Crippen LogP contribution in [0.25, 0.3) is 0 Å². The van der Waals surface area contributed by atoms with Crippen LogP contribution in [0.5, 0.6) is 0 Å². The van der Waals surface area contributed by atoms with Gasteiger partial charge in [-0.2, -0.15) is 0 Å². The molecule has 0 spiro atoms. The molecule has 2 rings (SSSR count). The summed E-state index contributed by atoms with van der Waals surface area (Å²) in [4.78, 5) is 2.39. The van der Waals surface area contributed by atoms with Gasteiger partial charge in [0.2, 0.25) is 0 Å². The summed E-state index contributed by atoms with van der Waals surface area (Å²) in [7, 11) is 1.98. The number of para-hydroxylation sites is 1. The number of benzene rings is 2. The van der Waals surface area contributed by atoms with Crippen LogP contribution in [0.15, 0.2) is 54.6 Å². The third-order valence-corrected chi connectivity index (χ3v) is 3.25. The van der Waals surface area contributed by atoms with Crippen LogP contribution >= 0.6 is 0 Å². The molecule has 19 heavy (non-hydrogen) atoms. The number of anilines is 1. The van der Waals surface area contributed by atoms with Crippen LogP contribution in [0.3, 0.4) is 0 Å². The second-order valence-corrected chi connectivity index (χ2v) is 4.70. The lowest BCUT2D eigenvalue weighted by atomic mass is 10.1. The van der Waals surface area contributed by atoms with Gasteiger partial charge in [0.05, 0.1) is 0 Å². The highest BCUT2D eigenvalue weighted by atomic mass is 15.1. The normalized spacial score (nSPS) is 10.4. The Bertz CT molecular complexity index is 494. The third kappa shape index (κ3) is 3.83. The first-order chi connectivity index (χ1) is 9.33. The maximum absolute atomic E-state index is 3.20. The zero-order chi connectivity index (χ0) is 13.5. The van der Waals surface area contributed by atoms with E-state index in [9.17, 15) is 0 Å². The summed E-state index contributed by atoms with van der Waals surface area (Å²) in [6.45, 7) is 5.09. The van der Waals surface area contributed by atoms with Crippen molar-refractivity contribution in [3.8, 4) is 0 Å². The van der Waals surface area contributed by atoms with Gasteiger partial charge in [0.25, 0.3) is 0 Å². The molecule has 0 atom stereocenters. The molecule has 0 aliphatic rings. The van der Waals surface area contributed by atoms with Gasteiger partial charge >= 0.3 is 0 Å². The van der Waals surface area contributed by atoms with Crippen LogP contribution in [-0.2, 0) is 13.1 Å². The molecule has 0 heterocycles. The molecule has 100 valence electrons. The Balaban J connectivity index is 2.12. The van der Waals surface area contributed by atoms with Crippen LogP contribution < -0.4 is 10.2 Å². The molecule has 0 saturated carbocycles. The summed E-state index contributed by atoms with van der Waals surface area (Å²) in [6.07, 6.45) is 0. The van der Waals surface area contributed by atoms with Crippen LogP contribution in [0.4, 0.5) is 5.69 Å². The van der Waals surface area contributed by atoms with E-state index in [2.05, 4.69) is 71.7 Å². The van der Waals surface area contributed by atoms with E-state index in [0.29, 0.717) is 0 Å². The molecule has 0 amide bonds. The Hall–Kier alpha value is -1.80. The van der Waals surface area contributed by atoms with Gasteiger partial charge in [-0.05, 0) is 37.2 Å². The van der Waals surface area contributed by atoms with Crippen LogP contribution in [0.1, 0.15) is 18.1 Å². The van der Waals surface area contributed by atoms with E-state index in [1.807, 2.05) is 7.05 Å². The van der Waals surface area contributed by atoms with Crippen molar-refractivity contribution >= 4 is 5.69 Å². The van der Waals surface area contributed by atoms with Crippen LogP contribution in [0, 0.1) is 0 Å². The molecule has 0 aliphatic heterocycles. The molecule has 2 heteroatoms. The summed E-state index contributed by atoms with van der Waals surface area (Å²) in [6, 6.07) is 19.4. The van der Waals surface area contributed by atoms with Crippen molar-refractivity contribution in [2.75, 3.05) is 18.5 Å². The average Bonchev–Trinajstić information content (AvgIpc) is 2.46. The van der Waals surface area contributed by atoms with Crippen LogP contribution in [-0.4, -0.2) is 13.6 Å². The standard InChI is InChI=1S/C17H22N2/c1-3-19(17-10-5-4-6-11-17)14-16-9-7-8-15(12-16)13-18-2/h4-12,18H,3,13-14H2,1-2H3. The fourth-order valence-corrected chi connectivity index (χ4v) is 2.29. The van der Waals surface area contributed by atoms with Crippen molar-refractivity contribution in [1.82, 2.24) is 5.32 Å². The Kier molecular flexibility index (Phi) is 4.99. The topological polar surface area (TPSA) is 15.3 Å². The quantitative estimate of drug-likeness (QED) is 0.849. The Morgan fingerprint density at radius 2 is 1.68 bits per heavy atom. The molecule has 0 unspecified atom stereocenters. The lowest BCUT2D eigenvalue weighted by Gasteiger charge is -2.23. The second kappa shape index (κ2) is 6.95. The maximum atomic E-state index is 3.20. The fraction of sp³-hybridized carbons (Fsp3) is 0.294. The van der Waals surface area contributed by atoms with Crippen molar-refractivity contribution < 1.29 is 0 Å². The van der Waals surface area contributed by atoms with E-state index < -0.39 is 0 Å². The van der Waals surface area contributed by atoms with Gasteiger partial charge in [0.1, 0.15) is 0 Å². The maximum Gasteiger partial charge on any atom is 0.0429 e. The van der Waals surface area contributed by atoms with Gasteiger partial charge in [0.15, 0.2) is 0 Å². The molecule has 2 aromatic rings. The van der Waals surface area contributed by atoms with E-state index in [1.165, 1.54) is 16.8 Å². The fourth-order valence-electron chi connectivity index (χ4n) is 2.29. The molecular weight excluding hydrogens is 232 g/mol. The Labute approximate surface area is 116 Å². The molecule has 0 bridgehead atoms. The van der Waals surface area contributed by atoms with E-state index >= 15 is 0 Å². The molecule has 0 aromatic heterocycles. The minimum atomic E-state index is 0.922. The smallest absolute Gasteiger partial charge is 0.0429 e. The van der Waals surface area contributed by atoms with Crippen molar-refractivity contribution in [3.63, 3.8) is 0 Å². The third-order valence-electron chi connectivity index (χ3n) is 3.25. The first-order valence-electron chi connectivity index (χ1n) is 6.86. The Morgan fingerprint density at radius 1 is 0.947 bits per heavy atom. The van der Waals surface area contributed by atoms with Crippen molar-refractivity contribution in [1.29, 1.82) is 0 Å². The number of hydrogen-bond donors (Lipinski definition) is 1. The van der Waals surface area contributed by atoms with E-state index in [4.69, 9.17) is 0 Å². The SMILES string of the molecule is CCN(Cc1cccc(CNC)c1)c1ccccc1. The minimum absolute atomic E-state index is 0.922. The first-order valence-corrected chi connectivity index (χ1v) is 6.86. The van der Waals surface area contributed by atoms with Crippen molar-refractivity contribution in [3.05, 3.63) is 65.7 Å². The largest absolute Gasteiger partial charge is 0.367 e. The van der Waals surface area contributed by atoms with Gasteiger partial charge in [-0.25, -0.2) is 0 Å². The predicted octanol–water partition coefficient (Wildman–Crippen LogP) is 3.43. The molecule has 0 radical (unpaired) electrons. The molecule has 2 nitrogen and oxygen atoms in total. The van der Waals surface area contributed by atoms with Gasteiger partial charge < -0.3 is 10.2 Å². The molecule has 0 saturated heterocycles. The van der Waals surface area contributed by atoms with E-state index in [-0.39, 0.29) is 0 Å². The first kappa shape index (κ1) is 13.6. The average molecular weight is 254 g/mol. The zero-order valence-corrected chi connectivity index (χ0v) is 11.8. The van der Waals surface area contributed by atoms with Gasteiger partial charge in [-0.15, -0.1) is 0 Å². The number of rotatable bonds is 6. The summed E-state index contributed by atoms with van der Waals surface area (Å²) in [5.74, 6) is 0. The highest BCUT2D eigenvalue weighted by Crippen LogP contribution is 2.17. The summed E-state index contributed by atoms with van der Waals surface area (Å²) in [5, 5.41) is 3.20. The lowest BCUT2D eigenvalue weighted by Crippen LogP contribution is -2.22. The number of hydrogen-bond acceptors (Lipinski definition) is 2.